The third kappa shape index (κ3) is 5.70. The van der Waals surface area contributed by atoms with E-state index in [0.717, 1.165) is 24.8 Å². The van der Waals surface area contributed by atoms with Crippen molar-refractivity contribution >= 4 is 5.97 Å². The van der Waals surface area contributed by atoms with Gasteiger partial charge in [0.05, 0.1) is 18.9 Å². The Balaban J connectivity index is 2.28. The largest absolute Gasteiger partial charge is 0.501 e. The molecule has 21 heavy (non-hydrogen) atoms. The molecule has 0 bridgehead atoms. The molecule has 0 atom stereocenters. The molecule has 4 nitrogen and oxygen atoms in total. The topological polar surface area (TPSA) is 49.8 Å². The van der Waals surface area contributed by atoms with Gasteiger partial charge in [-0.05, 0) is 66.3 Å². The van der Waals surface area contributed by atoms with Gasteiger partial charge in [-0.2, -0.15) is 0 Å². The number of carbonyl (C=O) groups is 1. The van der Waals surface area contributed by atoms with Gasteiger partial charge in [0.25, 0.3) is 0 Å². The lowest BCUT2D eigenvalue weighted by Gasteiger charge is -2.54. The molecule has 0 radical (unpaired) electrons. The fourth-order valence-corrected chi connectivity index (χ4v) is 3.58. The smallest absolute Gasteiger partial charge is 0.331 e. The van der Waals surface area contributed by atoms with E-state index < -0.39 is 5.97 Å². The first-order chi connectivity index (χ1) is 9.65. The quantitative estimate of drug-likeness (QED) is 0.442. The Kier molecular flexibility index (Phi) is 6.26. The van der Waals surface area contributed by atoms with Crippen LogP contribution < -0.4 is 0 Å². The summed E-state index contributed by atoms with van der Waals surface area (Å²) >= 11 is 0. The lowest BCUT2D eigenvalue weighted by Crippen LogP contribution is -2.58. The Morgan fingerprint density at radius 1 is 1.24 bits per heavy atom. The van der Waals surface area contributed by atoms with Crippen LogP contribution in [0.2, 0.25) is 0 Å². The molecule has 0 aliphatic carbocycles. The monoisotopic (exact) mass is 297 g/mol. The molecule has 0 aromatic carbocycles. The van der Waals surface area contributed by atoms with Crippen molar-refractivity contribution in [1.82, 2.24) is 4.90 Å². The Morgan fingerprint density at radius 3 is 2.33 bits per heavy atom. The second-order valence-corrected chi connectivity index (χ2v) is 7.47. The maximum absolute atomic E-state index is 10.3. The zero-order chi connectivity index (χ0) is 16.1. The van der Waals surface area contributed by atoms with Crippen LogP contribution in [0.1, 0.15) is 59.8 Å². The van der Waals surface area contributed by atoms with E-state index in [4.69, 9.17) is 9.84 Å². The van der Waals surface area contributed by atoms with Crippen LogP contribution in [0.25, 0.3) is 0 Å². The molecule has 0 spiro atoms. The van der Waals surface area contributed by atoms with Crippen LogP contribution in [0.5, 0.6) is 0 Å². The standard InChI is InChI=1S/C17H31NO3/c1-16(2)12-14(13-17(3,4)18(16)5)8-6-7-10-21-11-9-15(19)20/h9,11,14H,6-8,10,12-13H2,1-5H3,(H,19,20). The van der Waals surface area contributed by atoms with E-state index in [2.05, 4.69) is 39.6 Å². The number of likely N-dealkylation sites (tertiary alicyclic amines) is 1. The van der Waals surface area contributed by atoms with Gasteiger partial charge in [-0.25, -0.2) is 4.79 Å². The van der Waals surface area contributed by atoms with Crippen LogP contribution in [0.4, 0.5) is 0 Å². The molecule has 0 aromatic heterocycles. The number of piperidine rings is 1. The first kappa shape index (κ1) is 18.0. The van der Waals surface area contributed by atoms with E-state index in [0.29, 0.717) is 6.61 Å². The van der Waals surface area contributed by atoms with Crippen molar-refractivity contribution in [2.24, 2.45) is 5.92 Å². The predicted molar refractivity (Wildman–Crippen MR) is 85.2 cm³/mol. The van der Waals surface area contributed by atoms with Crippen LogP contribution in [0, 0.1) is 5.92 Å². The van der Waals surface area contributed by atoms with Crippen LogP contribution >= 0.6 is 0 Å². The molecule has 1 fully saturated rings. The van der Waals surface area contributed by atoms with Crippen LogP contribution in [-0.2, 0) is 9.53 Å². The average Bonchev–Trinajstić information content (AvgIpc) is 2.33. The van der Waals surface area contributed by atoms with Crippen molar-refractivity contribution in [2.45, 2.75) is 70.9 Å². The van der Waals surface area contributed by atoms with Crippen molar-refractivity contribution < 1.29 is 14.6 Å². The third-order valence-corrected chi connectivity index (χ3v) is 4.82. The SMILES string of the molecule is CN1C(C)(C)CC(CCCCOC=CC(=O)O)CC1(C)C. The number of ether oxygens (including phenoxy) is 1. The molecule has 1 N–H and O–H groups in total. The highest BCUT2D eigenvalue weighted by molar-refractivity contribution is 5.79. The van der Waals surface area contributed by atoms with E-state index >= 15 is 0 Å². The highest BCUT2D eigenvalue weighted by atomic mass is 16.5. The molecule has 1 rings (SSSR count). The van der Waals surface area contributed by atoms with Crippen molar-refractivity contribution in [3.05, 3.63) is 12.3 Å². The van der Waals surface area contributed by atoms with Gasteiger partial charge in [-0.15, -0.1) is 0 Å². The molecule has 1 aliphatic rings. The van der Waals surface area contributed by atoms with E-state index in [9.17, 15) is 4.79 Å². The molecule has 1 aliphatic heterocycles. The zero-order valence-electron chi connectivity index (χ0n) is 14.2. The van der Waals surface area contributed by atoms with Crippen molar-refractivity contribution in [2.75, 3.05) is 13.7 Å². The first-order valence-corrected chi connectivity index (χ1v) is 7.90. The Bertz CT molecular complexity index is 356. The van der Waals surface area contributed by atoms with Crippen LogP contribution in [-0.4, -0.2) is 40.7 Å². The van der Waals surface area contributed by atoms with E-state index in [-0.39, 0.29) is 11.1 Å². The highest BCUT2D eigenvalue weighted by Gasteiger charge is 2.42. The summed E-state index contributed by atoms with van der Waals surface area (Å²) in [6, 6.07) is 0. The average molecular weight is 297 g/mol. The molecule has 4 heteroatoms. The summed E-state index contributed by atoms with van der Waals surface area (Å²) < 4.78 is 5.16. The minimum Gasteiger partial charge on any atom is -0.501 e. The summed E-state index contributed by atoms with van der Waals surface area (Å²) in [5.41, 5.74) is 0.514. The summed E-state index contributed by atoms with van der Waals surface area (Å²) in [4.78, 5) is 12.8. The Labute approximate surface area is 129 Å². The fraction of sp³-hybridized carbons (Fsp3) is 0.824. The van der Waals surface area contributed by atoms with E-state index in [1.807, 2.05) is 0 Å². The highest BCUT2D eigenvalue weighted by Crippen LogP contribution is 2.41. The second-order valence-electron chi connectivity index (χ2n) is 7.47. The number of rotatable bonds is 7. The van der Waals surface area contributed by atoms with Gasteiger partial charge in [0, 0.05) is 11.1 Å². The summed E-state index contributed by atoms with van der Waals surface area (Å²) in [6.07, 6.45) is 8.14. The number of aliphatic carboxylic acids is 1. The van der Waals surface area contributed by atoms with E-state index in [1.54, 1.807) is 0 Å². The van der Waals surface area contributed by atoms with Gasteiger partial charge >= 0.3 is 5.97 Å². The molecule has 122 valence electrons. The molecule has 0 saturated carbocycles. The summed E-state index contributed by atoms with van der Waals surface area (Å²) in [7, 11) is 2.23. The number of nitrogens with zero attached hydrogens (tertiary/aromatic N) is 1. The number of hydrogen-bond donors (Lipinski definition) is 1. The molecule has 1 saturated heterocycles. The number of carboxylic acid groups (broad SMARTS) is 1. The minimum absolute atomic E-state index is 0.257. The minimum atomic E-state index is -0.967. The fourth-order valence-electron chi connectivity index (χ4n) is 3.58. The van der Waals surface area contributed by atoms with Crippen molar-refractivity contribution in [3.63, 3.8) is 0 Å². The molecule has 1 heterocycles. The van der Waals surface area contributed by atoms with Gasteiger partial charge in [0.2, 0.25) is 0 Å². The van der Waals surface area contributed by atoms with Crippen LogP contribution in [0.15, 0.2) is 12.3 Å². The summed E-state index contributed by atoms with van der Waals surface area (Å²) in [5.74, 6) is -0.202. The van der Waals surface area contributed by atoms with Crippen molar-refractivity contribution in [1.29, 1.82) is 0 Å². The lowest BCUT2D eigenvalue weighted by molar-refractivity contribution is -0.131. The zero-order valence-corrected chi connectivity index (χ0v) is 14.2. The predicted octanol–water partition coefficient (Wildman–Crippen LogP) is 3.67. The maximum Gasteiger partial charge on any atom is 0.331 e. The van der Waals surface area contributed by atoms with Crippen molar-refractivity contribution in [3.8, 4) is 0 Å². The molecule has 0 aromatic rings. The third-order valence-electron chi connectivity index (χ3n) is 4.82. The van der Waals surface area contributed by atoms with Crippen LogP contribution in [0.3, 0.4) is 0 Å². The molecular weight excluding hydrogens is 266 g/mol. The number of hydrogen-bond acceptors (Lipinski definition) is 3. The van der Waals surface area contributed by atoms with Gasteiger partial charge < -0.3 is 9.84 Å². The number of unbranched alkanes of at least 4 members (excludes halogenated alkanes) is 1. The van der Waals surface area contributed by atoms with Gasteiger partial charge in [-0.1, -0.05) is 6.42 Å². The normalized spacial score (nSPS) is 22.5. The van der Waals surface area contributed by atoms with Gasteiger partial charge in [-0.3, -0.25) is 4.90 Å². The maximum atomic E-state index is 10.3. The Hall–Kier alpha value is -1.03. The second kappa shape index (κ2) is 7.30. The first-order valence-electron chi connectivity index (χ1n) is 7.90. The van der Waals surface area contributed by atoms with E-state index in [1.165, 1.54) is 25.5 Å². The number of carboxylic acids is 1. The molecule has 0 amide bonds. The van der Waals surface area contributed by atoms with Gasteiger partial charge in [0.1, 0.15) is 0 Å². The summed E-state index contributed by atoms with van der Waals surface area (Å²) in [5, 5.41) is 8.44. The lowest BCUT2D eigenvalue weighted by atomic mass is 9.72. The molecular formula is C17H31NO3. The van der Waals surface area contributed by atoms with Gasteiger partial charge in [0.15, 0.2) is 0 Å². The Morgan fingerprint density at radius 2 is 1.81 bits per heavy atom. The summed E-state index contributed by atoms with van der Waals surface area (Å²) in [6.45, 7) is 9.94. The molecule has 0 unspecified atom stereocenters.